The van der Waals surface area contributed by atoms with Crippen molar-refractivity contribution in [1.29, 1.82) is 0 Å². The third-order valence-corrected chi connectivity index (χ3v) is 4.36. The van der Waals surface area contributed by atoms with Gasteiger partial charge in [-0.3, -0.25) is 9.36 Å². The fraction of sp³-hybridized carbons (Fsp3) is 0.467. The number of carbonyl (C=O) groups is 1. The molecule has 1 heterocycles. The first-order valence-corrected chi connectivity index (χ1v) is 7.20. The Morgan fingerprint density at radius 3 is 2.95 bits per heavy atom. The number of carbonyl (C=O) groups excluding carboxylic acids is 1. The summed E-state index contributed by atoms with van der Waals surface area (Å²) in [5.74, 6) is -0.144. The molecule has 1 saturated carbocycles. The van der Waals surface area contributed by atoms with Gasteiger partial charge in [0.15, 0.2) is 5.58 Å². The van der Waals surface area contributed by atoms with Crippen LogP contribution in [-0.2, 0) is 11.8 Å². The number of benzene rings is 1. The number of amides is 1. The Kier molecular flexibility index (Phi) is 4.93. The molecular formula is C15H20ClN3O3. The van der Waals surface area contributed by atoms with Crippen LogP contribution in [0.4, 0.5) is 5.69 Å². The van der Waals surface area contributed by atoms with Gasteiger partial charge in [-0.05, 0) is 43.5 Å². The van der Waals surface area contributed by atoms with Gasteiger partial charge in [-0.15, -0.1) is 12.4 Å². The van der Waals surface area contributed by atoms with Crippen LogP contribution in [0.3, 0.4) is 0 Å². The molecule has 1 fully saturated rings. The number of hydrogen-bond acceptors (Lipinski definition) is 4. The van der Waals surface area contributed by atoms with Crippen molar-refractivity contribution < 1.29 is 9.21 Å². The maximum absolute atomic E-state index is 12.4. The number of oxazole rings is 1. The zero-order valence-corrected chi connectivity index (χ0v) is 13.2. The summed E-state index contributed by atoms with van der Waals surface area (Å²) in [6.45, 7) is 0.549. The number of aromatic nitrogens is 1. The van der Waals surface area contributed by atoms with Gasteiger partial charge in [-0.25, -0.2) is 4.79 Å². The van der Waals surface area contributed by atoms with Gasteiger partial charge in [0.2, 0.25) is 5.91 Å². The van der Waals surface area contributed by atoms with E-state index < -0.39 is 5.76 Å². The summed E-state index contributed by atoms with van der Waals surface area (Å²) in [5, 5.41) is 2.93. The minimum atomic E-state index is -0.410. The van der Waals surface area contributed by atoms with Gasteiger partial charge in [0.25, 0.3) is 0 Å². The predicted molar refractivity (Wildman–Crippen MR) is 87.2 cm³/mol. The summed E-state index contributed by atoms with van der Waals surface area (Å²) in [6, 6.07) is 5.20. The van der Waals surface area contributed by atoms with Crippen molar-refractivity contribution in [2.75, 3.05) is 11.9 Å². The average Bonchev–Trinajstić information content (AvgIpc) is 3.05. The number of nitrogens with one attached hydrogen (secondary N) is 1. The standard InChI is InChI=1S/C15H19N3O3.ClH/c1-18-12-7-10(5-6-13(12)21-15(18)20)17-14(19)11-4-2-3-9(11)8-16;/h5-7,9,11H,2-4,8,16H2,1H3,(H,17,19);1H/t9-,11-;/m1./s1. The Bertz CT molecular complexity index is 737. The van der Waals surface area contributed by atoms with Crippen LogP contribution in [0.5, 0.6) is 0 Å². The molecule has 120 valence electrons. The first-order chi connectivity index (χ1) is 10.1. The Morgan fingerprint density at radius 2 is 2.23 bits per heavy atom. The molecule has 1 amide bonds. The van der Waals surface area contributed by atoms with Crippen LogP contribution in [0.1, 0.15) is 19.3 Å². The molecule has 0 saturated heterocycles. The summed E-state index contributed by atoms with van der Waals surface area (Å²) in [6.07, 6.45) is 2.96. The zero-order valence-electron chi connectivity index (χ0n) is 12.4. The predicted octanol–water partition coefficient (Wildman–Crippen LogP) is 1.87. The second-order valence-electron chi connectivity index (χ2n) is 5.63. The van der Waals surface area contributed by atoms with E-state index in [-0.39, 0.29) is 30.2 Å². The topological polar surface area (TPSA) is 90.3 Å². The number of nitrogens with two attached hydrogens (primary N) is 1. The highest BCUT2D eigenvalue weighted by atomic mass is 35.5. The van der Waals surface area contributed by atoms with Crippen molar-refractivity contribution in [2.45, 2.75) is 19.3 Å². The SMILES string of the molecule is Cl.Cn1c(=O)oc2ccc(NC(=O)[C@@H]3CCC[C@@H]3CN)cc21. The number of fused-ring (bicyclic) bond motifs is 1. The summed E-state index contributed by atoms with van der Waals surface area (Å²) in [4.78, 5) is 23.8. The van der Waals surface area contributed by atoms with Crippen molar-refractivity contribution in [3.63, 3.8) is 0 Å². The molecule has 1 aliphatic carbocycles. The van der Waals surface area contributed by atoms with E-state index in [1.165, 1.54) is 4.57 Å². The Hall–Kier alpha value is -1.79. The minimum absolute atomic E-state index is 0. The van der Waals surface area contributed by atoms with Gasteiger partial charge in [-0.2, -0.15) is 0 Å². The van der Waals surface area contributed by atoms with E-state index in [2.05, 4.69) is 5.32 Å². The van der Waals surface area contributed by atoms with Crippen molar-refractivity contribution in [1.82, 2.24) is 4.57 Å². The van der Waals surface area contributed by atoms with Crippen LogP contribution in [0, 0.1) is 11.8 Å². The highest BCUT2D eigenvalue weighted by Crippen LogP contribution is 2.32. The highest BCUT2D eigenvalue weighted by molar-refractivity contribution is 5.94. The summed E-state index contributed by atoms with van der Waals surface area (Å²) in [7, 11) is 1.64. The van der Waals surface area contributed by atoms with Gasteiger partial charge in [-0.1, -0.05) is 6.42 Å². The highest BCUT2D eigenvalue weighted by Gasteiger charge is 2.31. The molecule has 2 atom stereocenters. The summed E-state index contributed by atoms with van der Waals surface area (Å²) >= 11 is 0. The van der Waals surface area contributed by atoms with Gasteiger partial charge in [0, 0.05) is 18.7 Å². The molecule has 0 spiro atoms. The van der Waals surface area contributed by atoms with Crippen LogP contribution < -0.4 is 16.8 Å². The molecule has 6 nitrogen and oxygen atoms in total. The van der Waals surface area contributed by atoms with Crippen LogP contribution in [0.15, 0.2) is 27.4 Å². The first kappa shape index (κ1) is 16.6. The van der Waals surface area contributed by atoms with E-state index >= 15 is 0 Å². The molecule has 1 aromatic carbocycles. The fourth-order valence-electron chi connectivity index (χ4n) is 3.10. The van der Waals surface area contributed by atoms with Crippen molar-refractivity contribution in [2.24, 2.45) is 24.6 Å². The number of halogens is 1. The number of rotatable bonds is 3. The quantitative estimate of drug-likeness (QED) is 0.901. The first-order valence-electron chi connectivity index (χ1n) is 7.20. The Morgan fingerprint density at radius 1 is 1.45 bits per heavy atom. The smallest absolute Gasteiger partial charge is 0.408 e. The van der Waals surface area contributed by atoms with E-state index in [4.69, 9.17) is 10.2 Å². The maximum Gasteiger partial charge on any atom is 0.419 e. The van der Waals surface area contributed by atoms with E-state index in [1.54, 1.807) is 25.2 Å². The second kappa shape index (κ2) is 6.54. The van der Waals surface area contributed by atoms with Crippen molar-refractivity contribution in [3.05, 3.63) is 28.7 Å². The maximum atomic E-state index is 12.4. The minimum Gasteiger partial charge on any atom is -0.408 e. The third kappa shape index (κ3) is 2.89. The lowest BCUT2D eigenvalue weighted by atomic mass is 9.95. The molecule has 0 radical (unpaired) electrons. The molecule has 1 aromatic heterocycles. The van der Waals surface area contributed by atoms with E-state index in [9.17, 15) is 9.59 Å². The van der Waals surface area contributed by atoms with E-state index in [0.29, 0.717) is 23.3 Å². The lowest BCUT2D eigenvalue weighted by Gasteiger charge is -2.17. The van der Waals surface area contributed by atoms with Gasteiger partial charge in [0.1, 0.15) is 0 Å². The lowest BCUT2D eigenvalue weighted by molar-refractivity contribution is -0.120. The number of nitrogens with zero attached hydrogens (tertiary/aromatic N) is 1. The zero-order chi connectivity index (χ0) is 15.0. The summed E-state index contributed by atoms with van der Waals surface area (Å²) in [5.41, 5.74) is 7.58. The monoisotopic (exact) mass is 325 g/mol. The largest absolute Gasteiger partial charge is 0.419 e. The Balaban J connectivity index is 0.00000176. The number of aryl methyl sites for hydroxylation is 1. The third-order valence-electron chi connectivity index (χ3n) is 4.36. The van der Waals surface area contributed by atoms with Crippen LogP contribution in [-0.4, -0.2) is 17.0 Å². The summed E-state index contributed by atoms with van der Waals surface area (Å²) < 4.78 is 6.49. The molecule has 3 N–H and O–H groups in total. The number of hydrogen-bond donors (Lipinski definition) is 2. The average molecular weight is 326 g/mol. The van der Waals surface area contributed by atoms with Gasteiger partial charge >= 0.3 is 5.76 Å². The van der Waals surface area contributed by atoms with Crippen LogP contribution in [0.2, 0.25) is 0 Å². The molecule has 22 heavy (non-hydrogen) atoms. The number of anilines is 1. The molecule has 3 rings (SSSR count). The molecule has 0 bridgehead atoms. The van der Waals surface area contributed by atoms with Gasteiger partial charge < -0.3 is 15.5 Å². The molecule has 0 unspecified atom stereocenters. The normalized spacial score (nSPS) is 20.8. The van der Waals surface area contributed by atoms with Gasteiger partial charge in [0.05, 0.1) is 5.52 Å². The molecule has 1 aliphatic rings. The Labute approximate surface area is 134 Å². The molecule has 7 heteroatoms. The van der Waals surface area contributed by atoms with E-state index in [0.717, 1.165) is 19.3 Å². The van der Waals surface area contributed by atoms with Crippen LogP contribution in [0.25, 0.3) is 11.1 Å². The molecule has 2 aromatic rings. The van der Waals surface area contributed by atoms with Crippen molar-refractivity contribution in [3.8, 4) is 0 Å². The van der Waals surface area contributed by atoms with Crippen molar-refractivity contribution >= 4 is 35.1 Å². The molecule has 0 aliphatic heterocycles. The van der Waals surface area contributed by atoms with E-state index in [1.807, 2.05) is 0 Å². The lowest BCUT2D eigenvalue weighted by Crippen LogP contribution is -2.29. The van der Waals surface area contributed by atoms with Crippen LogP contribution >= 0.6 is 12.4 Å². The molecular weight excluding hydrogens is 306 g/mol. The fourth-order valence-corrected chi connectivity index (χ4v) is 3.10. The second-order valence-corrected chi connectivity index (χ2v) is 5.63.